The zero-order valence-corrected chi connectivity index (χ0v) is 22.0. The number of Topliss-reactive ketones (excluding diaryl/α,β-unsaturated/α-hetero) is 1. The van der Waals surface area contributed by atoms with Crippen molar-refractivity contribution in [3.05, 3.63) is 99.6 Å². The third-order valence-electron chi connectivity index (χ3n) is 7.17. The molecular weight excluding hydrogens is 462 g/mol. The molecule has 1 amide bonds. The average molecular weight is 494 g/mol. The van der Waals surface area contributed by atoms with Gasteiger partial charge in [0.05, 0.1) is 22.6 Å². The van der Waals surface area contributed by atoms with E-state index in [2.05, 4.69) is 30.7 Å². The molecule has 0 saturated carbocycles. The van der Waals surface area contributed by atoms with Gasteiger partial charge in [-0.1, -0.05) is 63.2 Å². The first-order valence-corrected chi connectivity index (χ1v) is 12.4. The first-order chi connectivity index (χ1) is 17.5. The number of imidazole rings is 1. The Morgan fingerprint density at radius 3 is 2.27 bits per heavy atom. The van der Waals surface area contributed by atoms with Crippen LogP contribution in [-0.4, -0.2) is 26.8 Å². The van der Waals surface area contributed by atoms with Crippen LogP contribution < -0.4 is 4.90 Å². The Morgan fingerprint density at radius 1 is 0.919 bits per heavy atom. The Hall–Kier alpha value is -4.19. The lowest BCUT2D eigenvalue weighted by Gasteiger charge is -2.25. The number of nitrogens with one attached hydrogen (secondary N) is 1. The molecule has 0 aliphatic carbocycles. The lowest BCUT2D eigenvalue weighted by Crippen LogP contribution is -2.30. The van der Waals surface area contributed by atoms with Crippen LogP contribution in [0.4, 0.5) is 5.95 Å². The highest BCUT2D eigenvalue weighted by atomic mass is 16.3. The number of amides is 1. The van der Waals surface area contributed by atoms with Gasteiger partial charge in [0.15, 0.2) is 0 Å². The van der Waals surface area contributed by atoms with Crippen molar-refractivity contribution in [1.82, 2.24) is 9.97 Å². The van der Waals surface area contributed by atoms with E-state index in [0.29, 0.717) is 16.6 Å². The van der Waals surface area contributed by atoms with Gasteiger partial charge in [-0.15, -0.1) is 0 Å². The summed E-state index contributed by atoms with van der Waals surface area (Å²) in [5.41, 5.74) is 6.90. The van der Waals surface area contributed by atoms with Gasteiger partial charge in [0.25, 0.3) is 5.78 Å². The van der Waals surface area contributed by atoms with E-state index in [1.165, 1.54) is 4.90 Å². The quantitative estimate of drug-likeness (QED) is 0.196. The number of rotatable bonds is 3. The molecule has 1 atom stereocenters. The average Bonchev–Trinajstić information content (AvgIpc) is 3.37. The molecule has 188 valence electrons. The van der Waals surface area contributed by atoms with Crippen molar-refractivity contribution in [2.24, 2.45) is 0 Å². The minimum absolute atomic E-state index is 0.0494. The summed E-state index contributed by atoms with van der Waals surface area (Å²) in [6.07, 6.45) is 0. The SMILES string of the molecule is Cc1ccc2nc(N3C(=O)C(=O)/C(=C(/O)c4ccc(C)c(C)c4)C3c3ccc(C(C)(C)C)cc3)[nH]c2c1. The smallest absolute Gasteiger partial charge is 0.302 e. The normalized spacial score (nSPS) is 17.7. The molecule has 3 aromatic carbocycles. The van der Waals surface area contributed by atoms with Crippen LogP contribution in [0.5, 0.6) is 0 Å². The van der Waals surface area contributed by atoms with E-state index < -0.39 is 17.7 Å². The second kappa shape index (κ2) is 8.73. The van der Waals surface area contributed by atoms with Crippen molar-refractivity contribution in [2.75, 3.05) is 4.90 Å². The summed E-state index contributed by atoms with van der Waals surface area (Å²) < 4.78 is 0. The number of benzene rings is 3. The molecule has 6 nitrogen and oxygen atoms in total. The molecule has 0 radical (unpaired) electrons. The Morgan fingerprint density at radius 2 is 1.62 bits per heavy atom. The zero-order valence-electron chi connectivity index (χ0n) is 22.0. The number of carbonyl (C=O) groups excluding carboxylic acids is 2. The predicted molar refractivity (Wildman–Crippen MR) is 147 cm³/mol. The highest BCUT2D eigenvalue weighted by molar-refractivity contribution is 6.51. The summed E-state index contributed by atoms with van der Waals surface area (Å²) >= 11 is 0. The summed E-state index contributed by atoms with van der Waals surface area (Å²) in [7, 11) is 0. The highest BCUT2D eigenvalue weighted by Crippen LogP contribution is 2.42. The second-order valence-electron chi connectivity index (χ2n) is 10.9. The predicted octanol–water partition coefficient (Wildman–Crippen LogP) is 6.41. The van der Waals surface area contributed by atoms with Gasteiger partial charge in [-0.2, -0.15) is 0 Å². The Labute approximate surface area is 216 Å². The van der Waals surface area contributed by atoms with E-state index in [4.69, 9.17) is 0 Å². The Bertz CT molecular complexity index is 1590. The third kappa shape index (κ3) is 4.22. The van der Waals surface area contributed by atoms with Crippen LogP contribution in [-0.2, 0) is 15.0 Å². The number of aromatic nitrogens is 2. The number of aromatic amines is 1. The number of aryl methyl sites for hydroxylation is 3. The van der Waals surface area contributed by atoms with E-state index in [1.807, 2.05) is 75.4 Å². The van der Waals surface area contributed by atoms with Gasteiger partial charge in [0.1, 0.15) is 5.76 Å². The van der Waals surface area contributed by atoms with Crippen molar-refractivity contribution in [3.8, 4) is 0 Å². The van der Waals surface area contributed by atoms with Crippen LogP contribution in [0.2, 0.25) is 0 Å². The molecule has 2 heterocycles. The van der Waals surface area contributed by atoms with Crippen LogP contribution in [0, 0.1) is 20.8 Å². The van der Waals surface area contributed by atoms with Gasteiger partial charge in [0, 0.05) is 5.56 Å². The van der Waals surface area contributed by atoms with Crippen LogP contribution in [0.25, 0.3) is 16.8 Å². The maximum absolute atomic E-state index is 13.5. The van der Waals surface area contributed by atoms with Crippen molar-refractivity contribution < 1.29 is 14.7 Å². The summed E-state index contributed by atoms with van der Waals surface area (Å²) in [5, 5.41) is 11.4. The first kappa shape index (κ1) is 24.5. The van der Waals surface area contributed by atoms with E-state index in [9.17, 15) is 14.7 Å². The molecule has 1 aliphatic rings. The fourth-order valence-electron chi connectivity index (χ4n) is 4.80. The maximum atomic E-state index is 13.5. The molecule has 1 aromatic heterocycles. The van der Waals surface area contributed by atoms with Gasteiger partial charge < -0.3 is 10.1 Å². The number of hydrogen-bond donors (Lipinski definition) is 2. The van der Waals surface area contributed by atoms with Crippen molar-refractivity contribution >= 4 is 34.4 Å². The number of hydrogen-bond acceptors (Lipinski definition) is 4. The topological polar surface area (TPSA) is 86.3 Å². The summed E-state index contributed by atoms with van der Waals surface area (Å²) in [5.74, 6) is -1.39. The number of aliphatic hydroxyl groups excluding tert-OH is 1. The molecule has 1 unspecified atom stereocenters. The molecular formula is C31H31N3O3. The third-order valence-corrected chi connectivity index (χ3v) is 7.17. The summed E-state index contributed by atoms with van der Waals surface area (Å²) in [6, 6.07) is 18.3. The lowest BCUT2D eigenvalue weighted by molar-refractivity contribution is -0.132. The van der Waals surface area contributed by atoms with Crippen LogP contribution in [0.3, 0.4) is 0 Å². The van der Waals surface area contributed by atoms with Gasteiger partial charge >= 0.3 is 5.91 Å². The molecule has 1 fully saturated rings. The van der Waals surface area contributed by atoms with Crippen LogP contribution >= 0.6 is 0 Å². The van der Waals surface area contributed by atoms with Crippen LogP contribution in [0.1, 0.15) is 60.2 Å². The number of fused-ring (bicyclic) bond motifs is 1. The monoisotopic (exact) mass is 493 g/mol. The number of ketones is 1. The van der Waals surface area contributed by atoms with E-state index >= 15 is 0 Å². The van der Waals surface area contributed by atoms with Crippen molar-refractivity contribution in [1.29, 1.82) is 0 Å². The molecule has 0 spiro atoms. The Kier molecular flexibility index (Phi) is 5.78. The standard InChI is InChI=1S/C31H31N3O3/c1-17-7-14-23-24(15-17)33-30(32-23)34-26(20-10-12-22(13-11-20)31(4,5)6)25(28(36)29(34)37)27(35)21-9-8-18(2)19(3)16-21/h7-16,26,35H,1-6H3,(H,32,33)/b27-25+. The molecule has 0 bridgehead atoms. The fourth-order valence-corrected chi connectivity index (χ4v) is 4.80. The zero-order chi connectivity index (χ0) is 26.6. The minimum atomic E-state index is -0.836. The number of H-pyrrole nitrogens is 1. The maximum Gasteiger partial charge on any atom is 0.302 e. The van der Waals surface area contributed by atoms with Crippen molar-refractivity contribution in [3.63, 3.8) is 0 Å². The molecule has 37 heavy (non-hydrogen) atoms. The number of anilines is 1. The Balaban J connectivity index is 1.72. The van der Waals surface area contributed by atoms with Crippen molar-refractivity contribution in [2.45, 2.75) is 53.0 Å². The van der Waals surface area contributed by atoms with Gasteiger partial charge in [-0.25, -0.2) is 4.98 Å². The molecule has 1 aliphatic heterocycles. The summed E-state index contributed by atoms with van der Waals surface area (Å²) in [4.78, 5) is 36.2. The highest BCUT2D eigenvalue weighted by Gasteiger charge is 2.48. The number of carbonyl (C=O) groups is 2. The fraction of sp³-hybridized carbons (Fsp3) is 0.258. The summed E-state index contributed by atoms with van der Waals surface area (Å²) in [6.45, 7) is 12.3. The number of nitrogens with zero attached hydrogens (tertiary/aromatic N) is 2. The van der Waals surface area contributed by atoms with Crippen LogP contribution in [0.15, 0.2) is 66.2 Å². The number of aliphatic hydroxyl groups is 1. The van der Waals surface area contributed by atoms with E-state index in [-0.39, 0.29) is 22.7 Å². The van der Waals surface area contributed by atoms with E-state index in [0.717, 1.165) is 27.8 Å². The van der Waals surface area contributed by atoms with E-state index in [1.54, 1.807) is 6.07 Å². The molecule has 1 saturated heterocycles. The first-order valence-electron chi connectivity index (χ1n) is 12.4. The minimum Gasteiger partial charge on any atom is -0.507 e. The second-order valence-corrected chi connectivity index (χ2v) is 10.9. The van der Waals surface area contributed by atoms with Gasteiger partial charge in [-0.05, 0) is 72.2 Å². The molecule has 2 N–H and O–H groups in total. The van der Waals surface area contributed by atoms with Gasteiger partial charge in [0.2, 0.25) is 5.95 Å². The largest absolute Gasteiger partial charge is 0.507 e. The molecule has 5 rings (SSSR count). The van der Waals surface area contributed by atoms with Gasteiger partial charge in [-0.3, -0.25) is 14.5 Å². The molecule has 4 aromatic rings. The lowest BCUT2D eigenvalue weighted by atomic mass is 9.85. The molecule has 6 heteroatoms.